The fourth-order valence-corrected chi connectivity index (χ4v) is 1.31. The average Bonchev–Trinajstić information content (AvgIpc) is 2.53. The van der Waals surface area contributed by atoms with Crippen LogP contribution in [0.1, 0.15) is 0 Å². The van der Waals surface area contributed by atoms with E-state index in [-0.39, 0.29) is 5.82 Å². The predicted octanol–water partition coefficient (Wildman–Crippen LogP) is 2.66. The Morgan fingerprint density at radius 3 is 2.77 bits per heavy atom. The van der Waals surface area contributed by atoms with Gasteiger partial charge in [-0.05, 0) is 24.3 Å². The van der Waals surface area contributed by atoms with E-state index < -0.39 is 0 Å². The Kier molecular flexibility index (Phi) is 2.02. The number of hydrogen-bond donors (Lipinski definition) is 0. The molecular weight excluding hydrogens is 191 g/mol. The summed E-state index contributed by atoms with van der Waals surface area (Å²) >= 11 is 5.69. The molecule has 0 aliphatic heterocycles. The Morgan fingerprint density at radius 2 is 2.15 bits per heavy atom. The van der Waals surface area contributed by atoms with Gasteiger partial charge in [-0.15, -0.1) is 0 Å². The highest BCUT2D eigenvalue weighted by atomic mass is 35.5. The van der Waals surface area contributed by atoms with Crippen LogP contribution in [0.25, 0.3) is 5.69 Å². The van der Waals surface area contributed by atoms with Gasteiger partial charge in [0.05, 0.1) is 5.69 Å². The van der Waals surface area contributed by atoms with E-state index in [9.17, 15) is 4.39 Å². The topological polar surface area (TPSA) is 17.8 Å². The summed E-state index contributed by atoms with van der Waals surface area (Å²) in [5.41, 5.74) is 0.620. The molecule has 2 nitrogen and oxygen atoms in total. The summed E-state index contributed by atoms with van der Waals surface area (Å²) in [6, 6.07) is 6.05. The molecule has 0 fully saturated rings. The maximum atomic E-state index is 12.9. The number of halogens is 2. The second kappa shape index (κ2) is 3.18. The molecule has 4 heteroatoms. The van der Waals surface area contributed by atoms with E-state index in [1.807, 2.05) is 0 Å². The molecule has 0 spiro atoms. The standard InChI is InChI=1S/C9H6ClFN2/c10-7-4-8(11)6-9(5-7)13-3-1-2-12-13/h1-6H. The van der Waals surface area contributed by atoms with Crippen molar-refractivity contribution in [2.75, 3.05) is 0 Å². The third-order valence-corrected chi connectivity index (χ3v) is 1.83. The lowest BCUT2D eigenvalue weighted by atomic mass is 10.3. The van der Waals surface area contributed by atoms with E-state index in [0.717, 1.165) is 0 Å². The van der Waals surface area contributed by atoms with Crippen LogP contribution in [-0.2, 0) is 0 Å². The molecule has 0 saturated carbocycles. The summed E-state index contributed by atoms with van der Waals surface area (Å²) in [6.45, 7) is 0. The van der Waals surface area contributed by atoms with Crippen molar-refractivity contribution >= 4 is 11.6 Å². The average molecular weight is 197 g/mol. The Bertz CT molecular complexity index is 391. The molecule has 2 aromatic rings. The van der Waals surface area contributed by atoms with Crippen molar-refractivity contribution in [3.8, 4) is 5.69 Å². The molecular formula is C9H6ClFN2. The molecule has 0 aliphatic carbocycles. The summed E-state index contributed by atoms with van der Waals surface area (Å²) in [5.74, 6) is -0.363. The fourth-order valence-electron chi connectivity index (χ4n) is 1.09. The number of nitrogens with zero attached hydrogens (tertiary/aromatic N) is 2. The summed E-state index contributed by atoms with van der Waals surface area (Å²) in [5, 5.41) is 4.33. The third kappa shape index (κ3) is 1.70. The van der Waals surface area contributed by atoms with Crippen molar-refractivity contribution in [2.24, 2.45) is 0 Å². The van der Waals surface area contributed by atoms with Gasteiger partial charge < -0.3 is 0 Å². The van der Waals surface area contributed by atoms with Gasteiger partial charge in [-0.3, -0.25) is 0 Å². The fraction of sp³-hybridized carbons (Fsp3) is 0. The van der Waals surface area contributed by atoms with Gasteiger partial charge in [0, 0.05) is 17.4 Å². The van der Waals surface area contributed by atoms with Crippen LogP contribution in [0.2, 0.25) is 5.02 Å². The minimum Gasteiger partial charge on any atom is -0.241 e. The lowest BCUT2D eigenvalue weighted by Gasteiger charge is -2.01. The van der Waals surface area contributed by atoms with Gasteiger partial charge >= 0.3 is 0 Å². The maximum absolute atomic E-state index is 12.9. The SMILES string of the molecule is Fc1cc(Cl)cc(-n2cccn2)c1. The molecule has 0 bridgehead atoms. The van der Waals surface area contributed by atoms with Crippen molar-refractivity contribution in [1.82, 2.24) is 9.78 Å². The molecule has 1 aromatic carbocycles. The molecule has 0 N–H and O–H groups in total. The maximum Gasteiger partial charge on any atom is 0.126 e. The molecule has 1 aromatic heterocycles. The van der Waals surface area contributed by atoms with Crippen LogP contribution in [0.5, 0.6) is 0 Å². The van der Waals surface area contributed by atoms with Gasteiger partial charge in [0.1, 0.15) is 5.82 Å². The lowest BCUT2D eigenvalue weighted by molar-refractivity contribution is 0.625. The Balaban J connectivity index is 2.53. The summed E-state index contributed by atoms with van der Waals surface area (Å²) in [4.78, 5) is 0. The smallest absolute Gasteiger partial charge is 0.126 e. The van der Waals surface area contributed by atoms with E-state index >= 15 is 0 Å². The third-order valence-electron chi connectivity index (χ3n) is 1.62. The molecule has 66 valence electrons. The van der Waals surface area contributed by atoms with Gasteiger partial charge in [-0.25, -0.2) is 9.07 Å². The quantitative estimate of drug-likeness (QED) is 0.686. The van der Waals surface area contributed by atoms with Crippen molar-refractivity contribution in [2.45, 2.75) is 0 Å². The van der Waals surface area contributed by atoms with Crippen LogP contribution in [-0.4, -0.2) is 9.78 Å². The van der Waals surface area contributed by atoms with Crippen molar-refractivity contribution < 1.29 is 4.39 Å². The molecule has 2 rings (SSSR count). The zero-order valence-electron chi connectivity index (χ0n) is 6.61. The largest absolute Gasteiger partial charge is 0.241 e. The zero-order valence-corrected chi connectivity index (χ0v) is 7.37. The predicted molar refractivity (Wildman–Crippen MR) is 48.5 cm³/mol. The number of benzene rings is 1. The van der Waals surface area contributed by atoms with Gasteiger partial charge in [-0.1, -0.05) is 11.6 Å². The summed E-state index contributed by atoms with van der Waals surface area (Å²) < 4.78 is 14.4. The molecule has 1 heterocycles. The summed E-state index contributed by atoms with van der Waals surface area (Å²) in [6.07, 6.45) is 3.35. The van der Waals surface area contributed by atoms with E-state index in [0.29, 0.717) is 10.7 Å². The van der Waals surface area contributed by atoms with Crippen LogP contribution >= 0.6 is 11.6 Å². The van der Waals surface area contributed by atoms with E-state index in [2.05, 4.69) is 5.10 Å². The zero-order chi connectivity index (χ0) is 9.26. The molecule has 0 aliphatic rings. The molecule has 0 saturated heterocycles. The van der Waals surface area contributed by atoms with Crippen LogP contribution in [0.3, 0.4) is 0 Å². The highest BCUT2D eigenvalue weighted by Crippen LogP contribution is 2.16. The lowest BCUT2D eigenvalue weighted by Crippen LogP contribution is -1.94. The number of hydrogen-bond acceptors (Lipinski definition) is 1. The molecule has 0 amide bonds. The molecule has 0 atom stereocenters. The van der Waals surface area contributed by atoms with Crippen LogP contribution in [0.4, 0.5) is 4.39 Å². The monoisotopic (exact) mass is 196 g/mol. The molecule has 13 heavy (non-hydrogen) atoms. The van der Waals surface area contributed by atoms with Crippen LogP contribution in [0, 0.1) is 5.82 Å². The summed E-state index contributed by atoms with van der Waals surface area (Å²) in [7, 11) is 0. The van der Waals surface area contributed by atoms with Crippen molar-refractivity contribution in [3.05, 3.63) is 47.5 Å². The molecule has 0 unspecified atom stereocenters. The first-order valence-electron chi connectivity index (χ1n) is 3.72. The van der Waals surface area contributed by atoms with Crippen LogP contribution < -0.4 is 0 Å². The van der Waals surface area contributed by atoms with Crippen LogP contribution in [0.15, 0.2) is 36.7 Å². The van der Waals surface area contributed by atoms with Gasteiger partial charge in [0.15, 0.2) is 0 Å². The first kappa shape index (κ1) is 8.26. The second-order valence-corrected chi connectivity index (χ2v) is 3.01. The van der Waals surface area contributed by atoms with E-state index in [1.165, 1.54) is 12.1 Å². The van der Waals surface area contributed by atoms with Gasteiger partial charge in [0.2, 0.25) is 0 Å². The normalized spacial score (nSPS) is 10.3. The van der Waals surface area contributed by atoms with E-state index in [4.69, 9.17) is 11.6 Å². The molecule has 0 radical (unpaired) electrons. The van der Waals surface area contributed by atoms with Crippen molar-refractivity contribution in [3.63, 3.8) is 0 Å². The van der Waals surface area contributed by atoms with Gasteiger partial charge in [-0.2, -0.15) is 5.10 Å². The van der Waals surface area contributed by atoms with E-state index in [1.54, 1.807) is 29.2 Å². The first-order chi connectivity index (χ1) is 6.25. The van der Waals surface area contributed by atoms with Gasteiger partial charge in [0.25, 0.3) is 0 Å². The number of rotatable bonds is 1. The van der Waals surface area contributed by atoms with Crippen molar-refractivity contribution in [1.29, 1.82) is 0 Å². The Morgan fingerprint density at radius 1 is 1.31 bits per heavy atom. The minimum atomic E-state index is -0.363. The minimum absolute atomic E-state index is 0.363. The first-order valence-corrected chi connectivity index (χ1v) is 4.09. The number of aromatic nitrogens is 2. The second-order valence-electron chi connectivity index (χ2n) is 2.58. The highest BCUT2D eigenvalue weighted by Gasteiger charge is 2.00. The Hall–Kier alpha value is -1.35. The highest BCUT2D eigenvalue weighted by molar-refractivity contribution is 6.30. The Labute approximate surface area is 79.6 Å².